The summed E-state index contributed by atoms with van der Waals surface area (Å²) in [5.74, 6) is -2.70. The summed E-state index contributed by atoms with van der Waals surface area (Å²) in [6.45, 7) is 0.599. The molecule has 4 amide bonds. The molecule has 4 rings (SSSR count). The Labute approximate surface area is 197 Å². The predicted molar refractivity (Wildman–Crippen MR) is 116 cm³/mol. The summed E-state index contributed by atoms with van der Waals surface area (Å²) >= 11 is 0. The monoisotopic (exact) mass is 490 g/mol. The highest BCUT2D eigenvalue weighted by Gasteiger charge is 2.45. The van der Waals surface area contributed by atoms with Gasteiger partial charge in [0.1, 0.15) is 11.6 Å². The molecule has 1 fully saturated rings. The van der Waals surface area contributed by atoms with Gasteiger partial charge in [-0.1, -0.05) is 6.07 Å². The van der Waals surface area contributed by atoms with Crippen molar-refractivity contribution in [3.05, 3.63) is 47.2 Å². The Balaban J connectivity index is 1.34. The number of alkyl halides is 3. The Morgan fingerprint density at radius 1 is 1.03 bits per heavy atom. The van der Waals surface area contributed by atoms with Crippen molar-refractivity contribution in [1.82, 2.24) is 20.4 Å². The molecule has 1 atom stereocenters. The van der Waals surface area contributed by atoms with Crippen LogP contribution in [0.2, 0.25) is 0 Å². The third-order valence-electron chi connectivity index (χ3n) is 5.71. The van der Waals surface area contributed by atoms with E-state index in [1.807, 2.05) is 0 Å². The van der Waals surface area contributed by atoms with Crippen LogP contribution < -0.4 is 16.0 Å². The van der Waals surface area contributed by atoms with Gasteiger partial charge >= 0.3 is 6.18 Å². The van der Waals surface area contributed by atoms with Crippen molar-refractivity contribution in [2.75, 3.05) is 23.7 Å². The predicted octanol–water partition coefficient (Wildman–Crippen LogP) is 2.20. The number of nitrogens with zero attached hydrogens (tertiary/aromatic N) is 3. The average Bonchev–Trinajstić information content (AvgIpc) is 3.06. The lowest BCUT2D eigenvalue weighted by Crippen LogP contribution is -2.54. The molecule has 0 aliphatic carbocycles. The summed E-state index contributed by atoms with van der Waals surface area (Å²) in [5.41, 5.74) is -0.172. The number of fused-ring (bicyclic) bond motifs is 1. The van der Waals surface area contributed by atoms with Crippen LogP contribution in [0.3, 0.4) is 0 Å². The van der Waals surface area contributed by atoms with Gasteiger partial charge in [0.05, 0.1) is 17.3 Å². The van der Waals surface area contributed by atoms with E-state index in [1.165, 1.54) is 6.07 Å². The first-order chi connectivity index (χ1) is 16.7. The van der Waals surface area contributed by atoms with Gasteiger partial charge in [0.2, 0.25) is 11.8 Å². The van der Waals surface area contributed by atoms with Gasteiger partial charge in [0, 0.05) is 25.2 Å². The third-order valence-corrected chi connectivity index (χ3v) is 5.71. The lowest BCUT2D eigenvalue weighted by molar-refractivity contribution is -0.138. The summed E-state index contributed by atoms with van der Waals surface area (Å²) in [5, 5.41) is 14.8. The van der Waals surface area contributed by atoms with Gasteiger partial charge in [-0.15, -0.1) is 5.10 Å². The standard InChI is InChI=1S/C22H21F3N6O4/c23-22(24,25)13-8-11-28-30-18(13)27-10-2-1-9-26-14-5-3-4-12-17(14)21(35)31(20(12)34)15-6-7-16(32)29-19(15)33/h3-5,8,11,15,26H,1-2,6-7,9-10H2,(H,27,30)(H,29,32,33). The van der Waals surface area contributed by atoms with E-state index in [-0.39, 0.29) is 36.3 Å². The van der Waals surface area contributed by atoms with Crippen molar-refractivity contribution in [2.24, 2.45) is 0 Å². The maximum Gasteiger partial charge on any atom is 0.420 e. The molecule has 0 spiro atoms. The van der Waals surface area contributed by atoms with Crippen LogP contribution in [0, 0.1) is 0 Å². The van der Waals surface area contributed by atoms with E-state index in [1.54, 1.807) is 12.1 Å². The van der Waals surface area contributed by atoms with E-state index in [4.69, 9.17) is 0 Å². The molecule has 3 N–H and O–H groups in total. The second kappa shape index (κ2) is 9.68. The number of amides is 4. The highest BCUT2D eigenvalue weighted by atomic mass is 19.4. The Bertz CT molecular complexity index is 1190. The quantitative estimate of drug-likeness (QED) is 0.379. The largest absolute Gasteiger partial charge is 0.420 e. The molecule has 13 heteroatoms. The van der Waals surface area contributed by atoms with Crippen LogP contribution in [0.4, 0.5) is 24.7 Å². The topological polar surface area (TPSA) is 133 Å². The minimum absolute atomic E-state index is 0.0297. The first-order valence-corrected chi connectivity index (χ1v) is 10.9. The van der Waals surface area contributed by atoms with Crippen molar-refractivity contribution in [3.8, 4) is 0 Å². The molecule has 3 heterocycles. The highest BCUT2D eigenvalue weighted by Crippen LogP contribution is 2.33. The fourth-order valence-electron chi connectivity index (χ4n) is 4.03. The van der Waals surface area contributed by atoms with Crippen LogP contribution in [-0.4, -0.2) is 57.9 Å². The minimum atomic E-state index is -4.54. The van der Waals surface area contributed by atoms with Crippen molar-refractivity contribution in [2.45, 2.75) is 37.9 Å². The zero-order valence-electron chi connectivity index (χ0n) is 18.3. The average molecular weight is 490 g/mol. The van der Waals surface area contributed by atoms with Crippen LogP contribution >= 0.6 is 0 Å². The zero-order valence-corrected chi connectivity index (χ0v) is 18.3. The molecule has 0 saturated carbocycles. The van der Waals surface area contributed by atoms with Crippen molar-refractivity contribution >= 4 is 35.1 Å². The molecule has 2 aromatic rings. The van der Waals surface area contributed by atoms with E-state index in [0.29, 0.717) is 25.1 Å². The Morgan fingerprint density at radius 2 is 1.77 bits per heavy atom. The second-order valence-corrected chi connectivity index (χ2v) is 8.03. The van der Waals surface area contributed by atoms with Gasteiger partial charge in [-0.05, 0) is 37.5 Å². The van der Waals surface area contributed by atoms with E-state index in [9.17, 15) is 32.3 Å². The number of carbonyl (C=O) groups excluding carboxylic acids is 4. The van der Waals surface area contributed by atoms with Crippen LogP contribution in [0.25, 0.3) is 0 Å². The molecule has 1 aromatic heterocycles. The normalized spacial score (nSPS) is 17.9. The summed E-state index contributed by atoms with van der Waals surface area (Å²) in [7, 11) is 0. The summed E-state index contributed by atoms with van der Waals surface area (Å²) < 4.78 is 39.0. The number of unbranched alkanes of at least 4 members (excludes halogenated alkanes) is 1. The highest BCUT2D eigenvalue weighted by molar-refractivity contribution is 6.25. The molecule has 184 valence electrons. The number of aromatic nitrogens is 2. The fraction of sp³-hybridized carbons (Fsp3) is 0.364. The number of anilines is 2. The van der Waals surface area contributed by atoms with Gasteiger partial charge in [0.15, 0.2) is 5.82 Å². The van der Waals surface area contributed by atoms with Gasteiger partial charge in [-0.25, -0.2) is 0 Å². The van der Waals surface area contributed by atoms with Crippen LogP contribution in [0.15, 0.2) is 30.5 Å². The zero-order chi connectivity index (χ0) is 25.2. The van der Waals surface area contributed by atoms with E-state index in [0.717, 1.165) is 17.2 Å². The molecule has 0 bridgehead atoms. The summed E-state index contributed by atoms with van der Waals surface area (Å²) in [6, 6.07) is 4.53. The lowest BCUT2D eigenvalue weighted by atomic mass is 10.0. The lowest BCUT2D eigenvalue weighted by Gasteiger charge is -2.27. The number of imide groups is 2. The molecule has 1 aromatic carbocycles. The number of halogens is 3. The number of benzene rings is 1. The number of piperidine rings is 1. The molecule has 2 aliphatic heterocycles. The number of nitrogens with one attached hydrogen (secondary N) is 3. The minimum Gasteiger partial charge on any atom is -0.384 e. The maximum absolute atomic E-state index is 13.0. The molecule has 1 unspecified atom stereocenters. The fourth-order valence-corrected chi connectivity index (χ4v) is 4.03. The number of rotatable bonds is 8. The Kier molecular flexibility index (Phi) is 6.67. The maximum atomic E-state index is 13.0. The van der Waals surface area contributed by atoms with Crippen LogP contribution in [0.1, 0.15) is 52.0 Å². The third kappa shape index (κ3) is 4.93. The number of hydrogen-bond donors (Lipinski definition) is 3. The molecular formula is C22H21F3N6O4. The summed E-state index contributed by atoms with van der Waals surface area (Å²) in [4.78, 5) is 50.4. The first-order valence-electron chi connectivity index (χ1n) is 10.9. The molecule has 2 aliphatic rings. The van der Waals surface area contributed by atoms with Gasteiger partial charge in [0.25, 0.3) is 11.8 Å². The SMILES string of the molecule is O=C1CCC(N2C(=O)c3cccc(NCCCCNc4nnccc4C(F)(F)F)c3C2=O)C(=O)N1. The smallest absolute Gasteiger partial charge is 0.384 e. The Hall–Kier alpha value is -4.03. The molecule has 1 saturated heterocycles. The Morgan fingerprint density at radius 3 is 2.49 bits per heavy atom. The van der Waals surface area contributed by atoms with Crippen molar-refractivity contribution in [3.63, 3.8) is 0 Å². The van der Waals surface area contributed by atoms with Crippen LogP contribution in [0.5, 0.6) is 0 Å². The van der Waals surface area contributed by atoms with Gasteiger partial charge in [-0.3, -0.25) is 29.4 Å². The van der Waals surface area contributed by atoms with Crippen molar-refractivity contribution in [1.29, 1.82) is 0 Å². The molecular weight excluding hydrogens is 469 g/mol. The van der Waals surface area contributed by atoms with E-state index in [2.05, 4.69) is 26.1 Å². The van der Waals surface area contributed by atoms with Gasteiger partial charge < -0.3 is 10.6 Å². The summed E-state index contributed by atoms with van der Waals surface area (Å²) in [6.07, 6.45) is -2.44. The van der Waals surface area contributed by atoms with Gasteiger partial charge in [-0.2, -0.15) is 18.3 Å². The van der Waals surface area contributed by atoms with Crippen LogP contribution in [-0.2, 0) is 15.8 Å². The van der Waals surface area contributed by atoms with E-state index < -0.39 is 41.4 Å². The van der Waals surface area contributed by atoms with E-state index >= 15 is 0 Å². The second-order valence-electron chi connectivity index (χ2n) is 8.03. The molecule has 35 heavy (non-hydrogen) atoms. The number of hydrogen-bond acceptors (Lipinski definition) is 8. The molecule has 10 nitrogen and oxygen atoms in total. The molecule has 0 radical (unpaired) electrons. The van der Waals surface area contributed by atoms with Crippen molar-refractivity contribution < 1.29 is 32.3 Å². The number of carbonyl (C=O) groups is 4. The first kappa shape index (κ1) is 24.1.